The van der Waals surface area contributed by atoms with Crippen LogP contribution in [0, 0.1) is 5.92 Å². The molecule has 0 saturated heterocycles. The third-order valence-corrected chi connectivity index (χ3v) is 4.56. The molecule has 26 heavy (non-hydrogen) atoms. The average Bonchev–Trinajstić information content (AvgIpc) is 2.67. The Kier molecular flexibility index (Phi) is 3.95. The molecule has 0 bridgehead atoms. The number of nitrogens with one attached hydrogen (secondary N) is 1. The van der Waals surface area contributed by atoms with Crippen LogP contribution >= 0.6 is 0 Å². The maximum absolute atomic E-state index is 12.7. The van der Waals surface area contributed by atoms with E-state index >= 15 is 0 Å². The molecule has 1 aromatic heterocycles. The molecule has 3 aromatic rings. The second kappa shape index (κ2) is 6.29. The van der Waals surface area contributed by atoms with E-state index in [9.17, 15) is 4.79 Å². The van der Waals surface area contributed by atoms with Crippen LogP contribution in [-0.4, -0.2) is 21.9 Å². The van der Waals surface area contributed by atoms with Crippen molar-refractivity contribution in [3.05, 3.63) is 58.9 Å². The maximum atomic E-state index is 12.7. The zero-order valence-corrected chi connectivity index (χ0v) is 14.9. The quantitative estimate of drug-likeness (QED) is 0.784. The fraction of sp³-hybridized carbons (Fsp3) is 0.250. The zero-order valence-electron chi connectivity index (χ0n) is 14.9. The number of para-hydroxylation sites is 1. The van der Waals surface area contributed by atoms with Gasteiger partial charge in [-0.15, -0.1) is 0 Å². The first-order chi connectivity index (χ1) is 12.6. The van der Waals surface area contributed by atoms with E-state index in [4.69, 9.17) is 4.74 Å². The van der Waals surface area contributed by atoms with Gasteiger partial charge < -0.3 is 10.1 Å². The van der Waals surface area contributed by atoms with E-state index in [1.54, 1.807) is 7.11 Å². The second-order valence-corrected chi connectivity index (χ2v) is 6.64. The van der Waals surface area contributed by atoms with Crippen LogP contribution in [0.3, 0.4) is 0 Å². The number of rotatable bonds is 3. The number of hydrogen-bond donors (Lipinski definition) is 1. The Balaban J connectivity index is 1.91. The lowest BCUT2D eigenvalue weighted by Gasteiger charge is -2.32. The molecule has 1 aliphatic rings. The molecule has 0 amide bonds. The Morgan fingerprint density at radius 3 is 2.54 bits per heavy atom. The summed E-state index contributed by atoms with van der Waals surface area (Å²) in [5, 5.41) is 8.19. The molecule has 0 spiro atoms. The van der Waals surface area contributed by atoms with Crippen molar-refractivity contribution in [2.75, 3.05) is 12.4 Å². The predicted octanol–water partition coefficient (Wildman–Crippen LogP) is 3.56. The van der Waals surface area contributed by atoms with Gasteiger partial charge in [-0.3, -0.25) is 4.79 Å². The van der Waals surface area contributed by atoms with Crippen molar-refractivity contribution in [3.63, 3.8) is 0 Å². The van der Waals surface area contributed by atoms with Crippen LogP contribution < -0.4 is 15.6 Å². The normalized spacial score (nSPS) is 15.2. The molecule has 1 aliphatic heterocycles. The Morgan fingerprint density at radius 1 is 1.12 bits per heavy atom. The molecule has 6 nitrogen and oxygen atoms in total. The summed E-state index contributed by atoms with van der Waals surface area (Å²) < 4.78 is 7.01. The fourth-order valence-electron chi connectivity index (χ4n) is 3.18. The van der Waals surface area contributed by atoms with Crippen molar-refractivity contribution < 1.29 is 4.74 Å². The number of nitrogens with zero attached hydrogens (tertiary/aromatic N) is 3. The summed E-state index contributed by atoms with van der Waals surface area (Å²) in [7, 11) is 1.61. The van der Waals surface area contributed by atoms with Crippen molar-refractivity contribution in [2.45, 2.75) is 20.0 Å². The van der Waals surface area contributed by atoms with E-state index in [-0.39, 0.29) is 17.6 Å². The van der Waals surface area contributed by atoms with Gasteiger partial charge in [0.2, 0.25) is 0 Å². The maximum Gasteiger partial charge on any atom is 0.300 e. The number of anilines is 1. The molecule has 4 rings (SSSR count). The van der Waals surface area contributed by atoms with Gasteiger partial charge >= 0.3 is 0 Å². The van der Waals surface area contributed by atoms with Gasteiger partial charge in [-0.1, -0.05) is 26.0 Å². The Hall–Kier alpha value is -3.15. The Morgan fingerprint density at radius 2 is 1.85 bits per heavy atom. The molecule has 6 heteroatoms. The smallest absolute Gasteiger partial charge is 0.300 e. The number of benzene rings is 2. The van der Waals surface area contributed by atoms with Crippen LogP contribution in [0.5, 0.6) is 5.75 Å². The average molecular weight is 348 g/mol. The summed E-state index contributed by atoms with van der Waals surface area (Å²) in [4.78, 5) is 17.1. The van der Waals surface area contributed by atoms with Crippen LogP contribution in [0.15, 0.2) is 53.3 Å². The number of hydrogen-bond acceptors (Lipinski definition) is 5. The molecule has 2 aromatic carbocycles. The molecule has 0 saturated carbocycles. The minimum atomic E-state index is -0.333. The van der Waals surface area contributed by atoms with Gasteiger partial charge in [0.25, 0.3) is 5.56 Å². The third-order valence-electron chi connectivity index (χ3n) is 4.56. The first-order valence-electron chi connectivity index (χ1n) is 8.59. The van der Waals surface area contributed by atoms with Crippen LogP contribution in [0.4, 0.5) is 5.69 Å². The highest BCUT2D eigenvalue weighted by Gasteiger charge is 2.28. The Bertz CT molecular complexity index is 1010. The number of methoxy groups -OCH3 is 1. The van der Waals surface area contributed by atoms with Crippen LogP contribution in [-0.2, 0) is 0 Å². The minimum Gasteiger partial charge on any atom is -0.497 e. The summed E-state index contributed by atoms with van der Waals surface area (Å²) >= 11 is 0. The lowest BCUT2D eigenvalue weighted by Crippen LogP contribution is -2.34. The molecule has 0 aliphatic carbocycles. The van der Waals surface area contributed by atoms with Crippen LogP contribution in [0.1, 0.15) is 20.0 Å². The van der Waals surface area contributed by atoms with Crippen molar-refractivity contribution in [1.29, 1.82) is 0 Å². The van der Waals surface area contributed by atoms with E-state index in [0.29, 0.717) is 11.5 Å². The van der Waals surface area contributed by atoms with Gasteiger partial charge in [0.1, 0.15) is 11.9 Å². The van der Waals surface area contributed by atoms with Crippen molar-refractivity contribution in [3.8, 4) is 28.4 Å². The highest BCUT2D eigenvalue weighted by atomic mass is 16.5. The summed E-state index contributed by atoms with van der Waals surface area (Å²) in [6.45, 7) is 4.23. The van der Waals surface area contributed by atoms with Crippen molar-refractivity contribution >= 4 is 5.69 Å². The summed E-state index contributed by atoms with van der Waals surface area (Å²) in [5.74, 6) is 1.60. The van der Waals surface area contributed by atoms with E-state index in [2.05, 4.69) is 29.2 Å². The SMILES string of the molecule is COc1ccc(-c2nn3c(nc2=O)-c2ccccc2N[C@@H]3C(C)C)cc1. The van der Waals surface area contributed by atoms with E-state index in [0.717, 1.165) is 22.6 Å². The van der Waals surface area contributed by atoms with Crippen molar-refractivity contribution in [1.82, 2.24) is 14.8 Å². The highest BCUT2D eigenvalue weighted by molar-refractivity contribution is 5.76. The van der Waals surface area contributed by atoms with Crippen LogP contribution in [0.25, 0.3) is 22.6 Å². The predicted molar refractivity (Wildman–Crippen MR) is 101 cm³/mol. The lowest BCUT2D eigenvalue weighted by molar-refractivity contribution is 0.376. The third kappa shape index (κ3) is 2.63. The first-order valence-corrected chi connectivity index (χ1v) is 8.59. The zero-order chi connectivity index (χ0) is 18.3. The second-order valence-electron chi connectivity index (χ2n) is 6.64. The molecular formula is C20H20N4O2. The largest absolute Gasteiger partial charge is 0.497 e. The highest BCUT2D eigenvalue weighted by Crippen LogP contribution is 2.36. The van der Waals surface area contributed by atoms with Gasteiger partial charge in [-0.05, 0) is 42.3 Å². The summed E-state index contributed by atoms with van der Waals surface area (Å²) in [6.07, 6.45) is -0.0787. The standard InChI is InChI=1S/C20H20N4O2/c1-12(2)18-21-16-7-5-4-6-15(16)19-22-20(25)17(23-24(18)19)13-8-10-14(26-3)11-9-13/h4-12,18,21H,1-3H3/t18-/m0/s1. The van der Waals surface area contributed by atoms with Crippen LogP contribution in [0.2, 0.25) is 0 Å². The molecule has 2 heterocycles. The van der Waals surface area contributed by atoms with Gasteiger partial charge in [0.05, 0.1) is 7.11 Å². The monoisotopic (exact) mass is 348 g/mol. The number of fused-ring (bicyclic) bond motifs is 3. The molecule has 1 atom stereocenters. The molecule has 1 N–H and O–H groups in total. The summed E-state index contributed by atoms with van der Waals surface area (Å²) in [6, 6.07) is 15.1. The molecule has 0 unspecified atom stereocenters. The van der Waals surface area contributed by atoms with E-state index < -0.39 is 0 Å². The lowest BCUT2D eigenvalue weighted by atomic mass is 10.0. The topological polar surface area (TPSA) is 69.0 Å². The van der Waals surface area contributed by atoms with E-state index in [1.165, 1.54) is 0 Å². The minimum absolute atomic E-state index is 0.0787. The fourth-order valence-corrected chi connectivity index (χ4v) is 3.18. The Labute approximate surface area is 151 Å². The van der Waals surface area contributed by atoms with Gasteiger partial charge in [-0.2, -0.15) is 10.1 Å². The molecule has 132 valence electrons. The first kappa shape index (κ1) is 16.3. The molecule has 0 radical (unpaired) electrons. The van der Waals surface area contributed by atoms with E-state index in [1.807, 2.05) is 53.2 Å². The molecular weight excluding hydrogens is 328 g/mol. The molecule has 0 fully saturated rings. The van der Waals surface area contributed by atoms with Gasteiger partial charge in [-0.25, -0.2) is 4.68 Å². The van der Waals surface area contributed by atoms with Gasteiger partial charge in [0.15, 0.2) is 11.5 Å². The number of ether oxygens (including phenoxy) is 1. The summed E-state index contributed by atoms with van der Waals surface area (Å²) in [5.41, 5.74) is 2.58. The number of aromatic nitrogens is 3. The van der Waals surface area contributed by atoms with Gasteiger partial charge in [0, 0.05) is 16.8 Å². The van der Waals surface area contributed by atoms with Crippen molar-refractivity contribution in [2.24, 2.45) is 5.92 Å².